The highest BCUT2D eigenvalue weighted by Crippen LogP contribution is 2.18. The largest absolute Gasteiger partial charge is 0.351 e. The van der Waals surface area contributed by atoms with Gasteiger partial charge in [-0.3, -0.25) is 4.79 Å². The summed E-state index contributed by atoms with van der Waals surface area (Å²) in [5.74, 6) is 3.72. The molecule has 0 unspecified atom stereocenters. The molecule has 2 nitrogen and oxygen atoms in total. The first-order chi connectivity index (χ1) is 14.2. The molecule has 3 aromatic carbocycles. The monoisotopic (exact) mass is 441 g/mol. The van der Waals surface area contributed by atoms with E-state index in [1.54, 1.807) is 11.8 Å². The van der Waals surface area contributed by atoms with E-state index >= 15 is 0 Å². The van der Waals surface area contributed by atoms with Gasteiger partial charge in [0.2, 0.25) is 0 Å². The summed E-state index contributed by atoms with van der Waals surface area (Å²) in [6.45, 7) is 0.659. The lowest BCUT2D eigenvalue weighted by Crippen LogP contribution is -2.25. The van der Waals surface area contributed by atoms with Crippen molar-refractivity contribution in [2.45, 2.75) is 17.3 Å². The van der Waals surface area contributed by atoms with Gasteiger partial charge in [0.1, 0.15) is 0 Å². The average molecular weight is 442 g/mol. The molecule has 0 spiro atoms. The summed E-state index contributed by atoms with van der Waals surface area (Å²) in [6, 6.07) is 26.3. The van der Waals surface area contributed by atoms with Crippen LogP contribution in [-0.4, -0.2) is 18.2 Å². The predicted octanol–water partition coefficient (Wildman–Crippen LogP) is 6.44. The maximum absolute atomic E-state index is 12.3. The molecular weight excluding hydrogens is 418 g/mol. The van der Waals surface area contributed by atoms with E-state index in [0.717, 1.165) is 28.0 Å². The van der Waals surface area contributed by atoms with Crippen molar-refractivity contribution in [1.82, 2.24) is 5.32 Å². The van der Waals surface area contributed by atoms with E-state index in [-0.39, 0.29) is 5.91 Å². The van der Waals surface area contributed by atoms with E-state index in [0.29, 0.717) is 12.1 Å². The molecule has 1 amide bonds. The van der Waals surface area contributed by atoms with Gasteiger partial charge < -0.3 is 5.32 Å². The second-order valence-electron chi connectivity index (χ2n) is 6.61. The predicted molar refractivity (Wildman–Crippen MR) is 128 cm³/mol. The Balaban J connectivity index is 1.33. The zero-order valence-corrected chi connectivity index (χ0v) is 18.5. The molecule has 3 aromatic rings. The first kappa shape index (κ1) is 21.8. The van der Waals surface area contributed by atoms with Crippen LogP contribution < -0.4 is 5.32 Å². The number of benzene rings is 3. The van der Waals surface area contributed by atoms with Crippen LogP contribution in [0.1, 0.15) is 27.0 Å². The van der Waals surface area contributed by atoms with Crippen molar-refractivity contribution in [2.24, 2.45) is 0 Å². The van der Waals surface area contributed by atoms with Gasteiger partial charge in [0, 0.05) is 40.1 Å². The van der Waals surface area contributed by atoms with E-state index < -0.39 is 0 Å². The summed E-state index contributed by atoms with van der Waals surface area (Å²) in [7, 11) is 0. The fraction of sp³-hybridized carbons (Fsp3) is 0.208. The molecule has 0 saturated heterocycles. The Bertz CT molecular complexity index is 883. The third-order valence-corrected chi connectivity index (χ3v) is 6.67. The molecule has 0 aromatic heterocycles. The van der Waals surface area contributed by atoms with Gasteiger partial charge in [0.25, 0.3) is 5.91 Å². The van der Waals surface area contributed by atoms with Crippen molar-refractivity contribution in [3.05, 3.63) is 106 Å². The topological polar surface area (TPSA) is 29.1 Å². The molecule has 150 valence electrons. The van der Waals surface area contributed by atoms with Crippen molar-refractivity contribution in [3.8, 4) is 0 Å². The minimum absolute atomic E-state index is 0.0134. The summed E-state index contributed by atoms with van der Waals surface area (Å²) in [4.78, 5) is 12.3. The van der Waals surface area contributed by atoms with Crippen molar-refractivity contribution in [2.75, 3.05) is 12.3 Å². The molecule has 0 aliphatic heterocycles. The Kier molecular flexibility index (Phi) is 9.00. The smallest absolute Gasteiger partial charge is 0.251 e. The third-order valence-electron chi connectivity index (χ3n) is 4.31. The molecule has 0 heterocycles. The van der Waals surface area contributed by atoms with Crippen molar-refractivity contribution < 1.29 is 4.79 Å². The Labute approximate surface area is 186 Å². The standard InChI is InChI=1S/C24H24ClNOS2/c25-23-12-8-21(9-13-23)16-28-15-14-26-24(27)22-10-6-20(7-11-22)18-29-17-19-4-2-1-3-5-19/h1-13H,14-18H2,(H,26,27). The van der Waals surface area contributed by atoms with E-state index in [1.807, 2.05) is 66.4 Å². The summed E-state index contributed by atoms with van der Waals surface area (Å²) < 4.78 is 0. The number of amides is 1. The summed E-state index contributed by atoms with van der Waals surface area (Å²) in [6.07, 6.45) is 0. The maximum Gasteiger partial charge on any atom is 0.251 e. The van der Waals surface area contributed by atoms with Crippen molar-refractivity contribution >= 4 is 41.0 Å². The van der Waals surface area contributed by atoms with Crippen LogP contribution in [0.4, 0.5) is 0 Å². The van der Waals surface area contributed by atoms with E-state index in [4.69, 9.17) is 11.6 Å². The van der Waals surface area contributed by atoms with Crippen LogP contribution in [0, 0.1) is 0 Å². The molecule has 3 rings (SSSR count). The average Bonchev–Trinajstić information content (AvgIpc) is 2.76. The molecule has 29 heavy (non-hydrogen) atoms. The van der Waals surface area contributed by atoms with Crippen LogP contribution in [0.25, 0.3) is 0 Å². The Morgan fingerprint density at radius 1 is 0.724 bits per heavy atom. The highest BCUT2D eigenvalue weighted by atomic mass is 35.5. The fourth-order valence-corrected chi connectivity index (χ4v) is 4.63. The third kappa shape index (κ3) is 7.81. The first-order valence-electron chi connectivity index (χ1n) is 9.52. The van der Waals surface area contributed by atoms with Gasteiger partial charge in [-0.15, -0.1) is 0 Å². The highest BCUT2D eigenvalue weighted by molar-refractivity contribution is 7.98. The van der Waals surface area contributed by atoms with Gasteiger partial charge in [-0.2, -0.15) is 23.5 Å². The lowest BCUT2D eigenvalue weighted by molar-refractivity contribution is 0.0956. The van der Waals surface area contributed by atoms with Crippen LogP contribution in [-0.2, 0) is 17.3 Å². The minimum Gasteiger partial charge on any atom is -0.351 e. The second kappa shape index (κ2) is 12.0. The zero-order valence-electron chi connectivity index (χ0n) is 16.1. The van der Waals surface area contributed by atoms with Crippen LogP contribution in [0.15, 0.2) is 78.9 Å². The van der Waals surface area contributed by atoms with Gasteiger partial charge in [-0.25, -0.2) is 0 Å². The van der Waals surface area contributed by atoms with Gasteiger partial charge in [0.05, 0.1) is 0 Å². The van der Waals surface area contributed by atoms with Crippen molar-refractivity contribution in [1.29, 1.82) is 0 Å². The second-order valence-corrected chi connectivity index (χ2v) is 9.14. The van der Waals surface area contributed by atoms with Crippen LogP contribution in [0.5, 0.6) is 0 Å². The number of carbonyl (C=O) groups excluding carboxylic acids is 1. The molecule has 0 aliphatic rings. The molecule has 0 aliphatic carbocycles. The summed E-state index contributed by atoms with van der Waals surface area (Å²) in [5, 5.41) is 3.75. The molecular formula is C24H24ClNOS2. The van der Waals surface area contributed by atoms with Gasteiger partial charge >= 0.3 is 0 Å². The summed E-state index contributed by atoms with van der Waals surface area (Å²) >= 11 is 9.57. The molecule has 0 bridgehead atoms. The minimum atomic E-state index is -0.0134. The quantitative estimate of drug-likeness (QED) is 0.367. The zero-order chi connectivity index (χ0) is 20.3. The number of halogens is 1. The number of rotatable bonds is 10. The Morgan fingerprint density at radius 3 is 1.93 bits per heavy atom. The lowest BCUT2D eigenvalue weighted by Gasteiger charge is -2.07. The van der Waals surface area contributed by atoms with E-state index in [1.165, 1.54) is 16.7 Å². The molecule has 0 radical (unpaired) electrons. The van der Waals surface area contributed by atoms with E-state index in [9.17, 15) is 4.79 Å². The SMILES string of the molecule is O=C(NCCSCc1ccc(Cl)cc1)c1ccc(CSCc2ccccc2)cc1. The van der Waals surface area contributed by atoms with Gasteiger partial charge in [0.15, 0.2) is 0 Å². The number of hydrogen-bond donors (Lipinski definition) is 1. The molecule has 5 heteroatoms. The maximum atomic E-state index is 12.3. The molecule has 0 atom stereocenters. The van der Waals surface area contributed by atoms with E-state index in [2.05, 4.69) is 29.6 Å². The number of thioether (sulfide) groups is 2. The number of carbonyl (C=O) groups is 1. The highest BCUT2D eigenvalue weighted by Gasteiger charge is 2.05. The van der Waals surface area contributed by atoms with Crippen LogP contribution in [0.3, 0.4) is 0 Å². The molecule has 0 saturated carbocycles. The van der Waals surface area contributed by atoms with Gasteiger partial charge in [-0.05, 0) is 41.0 Å². The van der Waals surface area contributed by atoms with Crippen LogP contribution >= 0.6 is 35.1 Å². The Morgan fingerprint density at radius 2 is 1.28 bits per heavy atom. The summed E-state index contributed by atoms with van der Waals surface area (Å²) in [5.41, 5.74) is 4.53. The van der Waals surface area contributed by atoms with Gasteiger partial charge in [-0.1, -0.05) is 66.2 Å². The molecule has 0 fully saturated rings. The first-order valence-corrected chi connectivity index (χ1v) is 12.2. The Hall–Kier alpha value is -1.88. The lowest BCUT2D eigenvalue weighted by atomic mass is 10.1. The number of nitrogens with one attached hydrogen (secondary N) is 1. The fourth-order valence-electron chi connectivity index (χ4n) is 2.72. The van der Waals surface area contributed by atoms with Crippen molar-refractivity contribution in [3.63, 3.8) is 0 Å². The normalized spacial score (nSPS) is 10.7. The van der Waals surface area contributed by atoms with Crippen LogP contribution in [0.2, 0.25) is 5.02 Å². The number of hydrogen-bond acceptors (Lipinski definition) is 3. The molecule has 1 N–H and O–H groups in total.